The summed E-state index contributed by atoms with van der Waals surface area (Å²) in [6, 6.07) is 17.2. The van der Waals surface area contributed by atoms with Crippen LogP contribution in [0.5, 0.6) is 0 Å². The van der Waals surface area contributed by atoms with Crippen molar-refractivity contribution in [3.05, 3.63) is 82.1 Å². The molecular weight excluding hydrogens is 386 g/mol. The Morgan fingerprint density at radius 1 is 1.14 bits per heavy atom. The third-order valence-electron chi connectivity index (χ3n) is 5.06. The van der Waals surface area contributed by atoms with E-state index in [-0.39, 0.29) is 5.97 Å². The van der Waals surface area contributed by atoms with Crippen LogP contribution in [0.15, 0.2) is 65.9 Å². The molecule has 148 valence electrons. The molecule has 0 amide bonds. The first-order chi connectivity index (χ1) is 14.0. The number of nitrogens with zero attached hydrogens (tertiary/aromatic N) is 2. The number of allylic oxidation sites excluding steroid dienone is 1. The Bertz CT molecular complexity index is 1090. The van der Waals surface area contributed by atoms with Gasteiger partial charge in [0.1, 0.15) is 11.9 Å². The molecule has 2 aromatic carbocycles. The van der Waals surface area contributed by atoms with Crippen LogP contribution in [0, 0.1) is 6.92 Å². The van der Waals surface area contributed by atoms with Crippen LogP contribution in [-0.4, -0.2) is 22.4 Å². The fourth-order valence-electron chi connectivity index (χ4n) is 3.80. The van der Waals surface area contributed by atoms with Crippen LogP contribution in [0.4, 0.5) is 5.82 Å². The van der Waals surface area contributed by atoms with Gasteiger partial charge in [0.05, 0.1) is 17.9 Å². The number of anilines is 1. The molecule has 0 saturated heterocycles. The number of carbonyl (C=O) groups is 1. The number of hydrogen-bond donors (Lipinski definition) is 1. The molecule has 3 aromatic rings. The number of rotatable bonds is 4. The fourth-order valence-corrected chi connectivity index (χ4v) is 3.93. The summed E-state index contributed by atoms with van der Waals surface area (Å²) >= 11 is 6.10. The van der Waals surface area contributed by atoms with Crippen molar-refractivity contribution in [2.24, 2.45) is 0 Å². The SMILES string of the molecule is CCOC(=O)C1=C(C)Nc2c(-c3ccccc3)c(C)nn2C1c1ccc(Cl)cc1. The molecular formula is C23H22ClN3O2. The minimum Gasteiger partial charge on any atom is -0.463 e. The Labute approximate surface area is 175 Å². The van der Waals surface area contributed by atoms with E-state index in [0.717, 1.165) is 33.9 Å². The molecule has 1 N–H and O–H groups in total. The lowest BCUT2D eigenvalue weighted by Crippen LogP contribution is -2.29. The van der Waals surface area contributed by atoms with Crippen LogP contribution < -0.4 is 5.32 Å². The van der Waals surface area contributed by atoms with E-state index in [9.17, 15) is 4.79 Å². The van der Waals surface area contributed by atoms with Crippen LogP contribution in [0.1, 0.15) is 31.1 Å². The van der Waals surface area contributed by atoms with Crippen molar-refractivity contribution < 1.29 is 9.53 Å². The van der Waals surface area contributed by atoms with Crippen LogP contribution in [0.2, 0.25) is 5.02 Å². The normalized spacial score (nSPS) is 15.7. The highest BCUT2D eigenvalue weighted by Gasteiger charge is 2.36. The fraction of sp³-hybridized carbons (Fsp3) is 0.217. The summed E-state index contributed by atoms with van der Waals surface area (Å²) in [5.41, 5.74) is 5.20. The zero-order valence-electron chi connectivity index (χ0n) is 16.6. The minimum atomic E-state index is -0.404. The number of benzene rings is 2. The Kier molecular flexibility index (Phi) is 5.16. The maximum atomic E-state index is 12.8. The molecule has 4 rings (SSSR count). The molecule has 1 unspecified atom stereocenters. The number of ether oxygens (including phenoxy) is 1. The van der Waals surface area contributed by atoms with E-state index in [4.69, 9.17) is 21.4 Å². The van der Waals surface area contributed by atoms with Crippen LogP contribution in [0.3, 0.4) is 0 Å². The summed E-state index contributed by atoms with van der Waals surface area (Å²) in [6.07, 6.45) is 0. The molecule has 1 aliphatic rings. The lowest BCUT2D eigenvalue weighted by molar-refractivity contribution is -0.139. The molecule has 0 bridgehead atoms. The quantitative estimate of drug-likeness (QED) is 0.591. The highest BCUT2D eigenvalue weighted by molar-refractivity contribution is 6.30. The van der Waals surface area contributed by atoms with Crippen LogP contribution in [0.25, 0.3) is 11.1 Å². The smallest absolute Gasteiger partial charge is 0.338 e. The monoisotopic (exact) mass is 407 g/mol. The number of hydrogen-bond acceptors (Lipinski definition) is 4. The van der Waals surface area contributed by atoms with E-state index in [1.165, 1.54) is 0 Å². The van der Waals surface area contributed by atoms with Gasteiger partial charge in [0.15, 0.2) is 0 Å². The van der Waals surface area contributed by atoms with Crippen LogP contribution in [-0.2, 0) is 9.53 Å². The van der Waals surface area contributed by atoms with Crippen molar-refractivity contribution >= 4 is 23.4 Å². The van der Waals surface area contributed by atoms with Crippen molar-refractivity contribution in [3.8, 4) is 11.1 Å². The Hall–Kier alpha value is -3.05. The first-order valence-corrected chi connectivity index (χ1v) is 9.94. The zero-order valence-corrected chi connectivity index (χ0v) is 17.3. The van der Waals surface area contributed by atoms with Gasteiger partial charge in [-0.2, -0.15) is 5.10 Å². The third kappa shape index (κ3) is 3.42. The molecule has 0 fully saturated rings. The number of esters is 1. The van der Waals surface area contributed by atoms with Gasteiger partial charge in [0, 0.05) is 16.3 Å². The number of aromatic nitrogens is 2. The number of fused-ring (bicyclic) bond motifs is 1. The lowest BCUT2D eigenvalue weighted by Gasteiger charge is -2.29. The van der Waals surface area contributed by atoms with E-state index < -0.39 is 6.04 Å². The van der Waals surface area contributed by atoms with Gasteiger partial charge in [-0.25, -0.2) is 9.48 Å². The average Bonchev–Trinajstić information content (AvgIpc) is 3.03. The maximum Gasteiger partial charge on any atom is 0.338 e. The largest absolute Gasteiger partial charge is 0.463 e. The molecule has 29 heavy (non-hydrogen) atoms. The van der Waals surface area contributed by atoms with Gasteiger partial charge in [-0.05, 0) is 44.0 Å². The van der Waals surface area contributed by atoms with Crippen molar-refractivity contribution in [3.63, 3.8) is 0 Å². The Morgan fingerprint density at radius 2 is 1.83 bits per heavy atom. The minimum absolute atomic E-state index is 0.309. The predicted molar refractivity (Wildman–Crippen MR) is 115 cm³/mol. The first kappa shape index (κ1) is 19.3. The Morgan fingerprint density at radius 3 is 2.48 bits per heavy atom. The van der Waals surface area contributed by atoms with Crippen molar-refractivity contribution in [2.75, 3.05) is 11.9 Å². The second-order valence-corrected chi connectivity index (χ2v) is 7.39. The van der Waals surface area contributed by atoms with Gasteiger partial charge in [0.25, 0.3) is 0 Å². The van der Waals surface area contributed by atoms with Crippen molar-refractivity contribution in [1.82, 2.24) is 9.78 Å². The highest BCUT2D eigenvalue weighted by Crippen LogP contribution is 2.42. The molecule has 2 heterocycles. The van der Waals surface area contributed by atoms with E-state index in [1.807, 2.05) is 61.0 Å². The number of carbonyl (C=O) groups excluding carboxylic acids is 1. The van der Waals surface area contributed by atoms with Gasteiger partial charge >= 0.3 is 5.97 Å². The molecule has 1 atom stereocenters. The van der Waals surface area contributed by atoms with Crippen LogP contribution >= 0.6 is 11.6 Å². The van der Waals surface area contributed by atoms with E-state index in [0.29, 0.717) is 17.2 Å². The average molecular weight is 408 g/mol. The number of halogens is 1. The standard InChI is InChI=1S/C23H22ClN3O2/c1-4-29-23(28)20-14(2)25-22-19(16-8-6-5-7-9-16)15(3)26-27(22)21(20)17-10-12-18(24)13-11-17/h5-13,21,25H,4H2,1-3H3. The highest BCUT2D eigenvalue weighted by atomic mass is 35.5. The molecule has 0 saturated carbocycles. The van der Waals surface area contributed by atoms with E-state index in [2.05, 4.69) is 17.4 Å². The van der Waals surface area contributed by atoms with Crippen molar-refractivity contribution in [1.29, 1.82) is 0 Å². The summed E-state index contributed by atoms with van der Waals surface area (Å²) < 4.78 is 7.24. The van der Waals surface area contributed by atoms with Gasteiger partial charge in [-0.1, -0.05) is 54.1 Å². The third-order valence-corrected chi connectivity index (χ3v) is 5.31. The lowest BCUT2D eigenvalue weighted by atomic mass is 9.95. The zero-order chi connectivity index (χ0) is 20.5. The maximum absolute atomic E-state index is 12.8. The summed E-state index contributed by atoms with van der Waals surface area (Å²) in [6.45, 7) is 5.99. The van der Waals surface area contributed by atoms with E-state index in [1.54, 1.807) is 6.92 Å². The van der Waals surface area contributed by atoms with E-state index >= 15 is 0 Å². The van der Waals surface area contributed by atoms with Gasteiger partial charge in [0.2, 0.25) is 0 Å². The number of aryl methyl sites for hydroxylation is 1. The number of nitrogens with one attached hydrogen (secondary N) is 1. The molecule has 1 aromatic heterocycles. The second-order valence-electron chi connectivity index (χ2n) is 6.96. The first-order valence-electron chi connectivity index (χ1n) is 9.56. The molecule has 5 nitrogen and oxygen atoms in total. The predicted octanol–water partition coefficient (Wildman–Crippen LogP) is 5.36. The molecule has 1 aliphatic heterocycles. The van der Waals surface area contributed by atoms with Crippen molar-refractivity contribution in [2.45, 2.75) is 26.8 Å². The summed E-state index contributed by atoms with van der Waals surface area (Å²) in [7, 11) is 0. The molecule has 0 radical (unpaired) electrons. The second kappa shape index (κ2) is 7.76. The molecule has 0 spiro atoms. The summed E-state index contributed by atoms with van der Waals surface area (Å²) in [4.78, 5) is 12.8. The summed E-state index contributed by atoms with van der Waals surface area (Å²) in [5, 5.41) is 8.86. The topological polar surface area (TPSA) is 56.1 Å². The van der Waals surface area contributed by atoms with Gasteiger partial charge in [-0.15, -0.1) is 0 Å². The summed E-state index contributed by atoms with van der Waals surface area (Å²) in [5.74, 6) is 0.511. The van der Waals surface area contributed by atoms with Gasteiger partial charge < -0.3 is 10.1 Å². The Balaban J connectivity index is 1.93. The molecule has 0 aliphatic carbocycles. The molecule has 6 heteroatoms. The van der Waals surface area contributed by atoms with Gasteiger partial charge in [-0.3, -0.25) is 0 Å².